The number of amides is 1. The zero-order chi connectivity index (χ0) is 16.4. The second kappa shape index (κ2) is 6.52. The minimum atomic E-state index is 0.262. The maximum Gasteiger partial charge on any atom is 0.222 e. The van der Waals surface area contributed by atoms with E-state index in [2.05, 4.69) is 41.4 Å². The summed E-state index contributed by atoms with van der Waals surface area (Å²) in [6.45, 7) is 8.60. The van der Waals surface area contributed by atoms with Crippen LogP contribution in [0.3, 0.4) is 0 Å². The van der Waals surface area contributed by atoms with E-state index in [-0.39, 0.29) is 5.91 Å². The molecular formula is C18H24N4O. The van der Waals surface area contributed by atoms with Crippen molar-refractivity contribution in [2.75, 3.05) is 13.1 Å². The fourth-order valence-electron chi connectivity index (χ4n) is 3.01. The molecule has 0 bridgehead atoms. The molecule has 1 saturated heterocycles. The van der Waals surface area contributed by atoms with E-state index in [0.717, 1.165) is 31.2 Å². The molecule has 1 amide bonds. The maximum atomic E-state index is 12.1. The molecule has 1 fully saturated rings. The molecule has 0 N–H and O–H groups in total. The molecule has 0 unspecified atom stereocenters. The number of pyridine rings is 1. The summed E-state index contributed by atoms with van der Waals surface area (Å²) >= 11 is 0. The van der Waals surface area contributed by atoms with E-state index in [1.807, 2.05) is 23.4 Å². The highest BCUT2D eigenvalue weighted by Crippen LogP contribution is 2.28. The summed E-state index contributed by atoms with van der Waals surface area (Å²) in [5, 5.41) is 0. The van der Waals surface area contributed by atoms with Gasteiger partial charge < -0.3 is 9.47 Å². The molecule has 0 aliphatic carbocycles. The third-order valence-corrected chi connectivity index (χ3v) is 4.33. The molecule has 5 nitrogen and oxygen atoms in total. The Morgan fingerprint density at radius 3 is 2.78 bits per heavy atom. The van der Waals surface area contributed by atoms with Crippen molar-refractivity contribution in [2.45, 2.75) is 39.7 Å². The lowest BCUT2D eigenvalue weighted by atomic mass is 9.97. The van der Waals surface area contributed by atoms with Crippen LogP contribution in [0.15, 0.2) is 30.7 Å². The summed E-state index contributed by atoms with van der Waals surface area (Å²) in [7, 11) is 0. The van der Waals surface area contributed by atoms with Crippen LogP contribution in [-0.2, 0) is 11.3 Å². The van der Waals surface area contributed by atoms with Crippen LogP contribution in [0.4, 0.5) is 0 Å². The van der Waals surface area contributed by atoms with Gasteiger partial charge in [0.15, 0.2) is 0 Å². The molecule has 0 aromatic carbocycles. The number of rotatable bonds is 5. The van der Waals surface area contributed by atoms with Gasteiger partial charge in [0.05, 0.1) is 12.5 Å². The van der Waals surface area contributed by atoms with Crippen molar-refractivity contribution >= 4 is 5.91 Å². The second-order valence-corrected chi connectivity index (χ2v) is 6.80. The molecule has 0 saturated carbocycles. The van der Waals surface area contributed by atoms with E-state index in [1.165, 1.54) is 5.56 Å². The zero-order valence-electron chi connectivity index (χ0n) is 14.1. The van der Waals surface area contributed by atoms with Crippen molar-refractivity contribution in [1.29, 1.82) is 0 Å². The average Bonchev–Trinajstić information content (AvgIpc) is 2.79. The Kier molecular flexibility index (Phi) is 4.46. The van der Waals surface area contributed by atoms with Crippen molar-refractivity contribution < 1.29 is 4.79 Å². The third-order valence-electron chi connectivity index (χ3n) is 4.33. The summed E-state index contributed by atoms with van der Waals surface area (Å²) in [4.78, 5) is 22.8. The first-order valence-corrected chi connectivity index (χ1v) is 8.23. The lowest BCUT2D eigenvalue weighted by Gasteiger charge is -2.39. The van der Waals surface area contributed by atoms with Gasteiger partial charge in [-0.3, -0.25) is 9.78 Å². The molecule has 1 aliphatic heterocycles. The molecule has 0 spiro atoms. The monoisotopic (exact) mass is 312 g/mol. The van der Waals surface area contributed by atoms with Crippen LogP contribution in [0.25, 0.3) is 0 Å². The molecule has 122 valence electrons. The van der Waals surface area contributed by atoms with E-state index < -0.39 is 0 Å². The molecule has 2 aromatic rings. The van der Waals surface area contributed by atoms with Gasteiger partial charge in [0, 0.05) is 43.8 Å². The normalized spacial score (nSPS) is 15.0. The van der Waals surface area contributed by atoms with E-state index >= 15 is 0 Å². The largest absolute Gasteiger partial charge is 0.341 e. The smallest absolute Gasteiger partial charge is 0.222 e. The SMILES string of the molecule is Cc1cnc(C2CN(C(=O)CC(C)C)C2)n1Cc1cccnc1. The minimum Gasteiger partial charge on any atom is -0.341 e. The first-order chi connectivity index (χ1) is 11.0. The second-order valence-electron chi connectivity index (χ2n) is 6.80. The molecule has 3 rings (SSSR count). The Bertz CT molecular complexity index is 672. The van der Waals surface area contributed by atoms with Gasteiger partial charge in [0.25, 0.3) is 0 Å². The number of aromatic nitrogens is 3. The predicted molar refractivity (Wildman–Crippen MR) is 89.1 cm³/mol. The molecule has 0 atom stereocenters. The fraction of sp³-hybridized carbons (Fsp3) is 0.500. The van der Waals surface area contributed by atoms with Crippen LogP contribution in [0.1, 0.15) is 43.3 Å². The average molecular weight is 312 g/mol. The summed E-state index contributed by atoms with van der Waals surface area (Å²) in [5.41, 5.74) is 2.32. The number of likely N-dealkylation sites (tertiary alicyclic amines) is 1. The predicted octanol–water partition coefficient (Wildman–Crippen LogP) is 2.61. The van der Waals surface area contributed by atoms with Crippen LogP contribution >= 0.6 is 0 Å². The van der Waals surface area contributed by atoms with Crippen LogP contribution in [-0.4, -0.2) is 38.4 Å². The molecule has 3 heterocycles. The molecule has 23 heavy (non-hydrogen) atoms. The summed E-state index contributed by atoms with van der Waals surface area (Å²) in [5.74, 6) is 2.10. The van der Waals surface area contributed by atoms with E-state index in [0.29, 0.717) is 18.3 Å². The highest BCUT2D eigenvalue weighted by Gasteiger charge is 2.34. The Balaban J connectivity index is 1.67. The quantitative estimate of drug-likeness (QED) is 0.853. The van der Waals surface area contributed by atoms with Crippen LogP contribution < -0.4 is 0 Å². The van der Waals surface area contributed by atoms with Gasteiger partial charge in [0.1, 0.15) is 5.82 Å². The Hall–Kier alpha value is -2.17. The number of hydrogen-bond acceptors (Lipinski definition) is 3. The molecule has 1 aliphatic rings. The molecular weight excluding hydrogens is 288 g/mol. The first kappa shape index (κ1) is 15.7. The van der Waals surface area contributed by atoms with E-state index in [1.54, 1.807) is 6.20 Å². The molecule has 5 heteroatoms. The number of imidazole rings is 1. The minimum absolute atomic E-state index is 0.262. The summed E-state index contributed by atoms with van der Waals surface area (Å²) < 4.78 is 2.24. The number of nitrogens with zero attached hydrogens (tertiary/aromatic N) is 4. The topological polar surface area (TPSA) is 51.0 Å². The van der Waals surface area contributed by atoms with E-state index in [9.17, 15) is 4.79 Å². The lowest BCUT2D eigenvalue weighted by Crippen LogP contribution is -2.49. The standard InChI is InChI=1S/C18H24N4O/c1-13(2)7-17(23)21-11-16(12-21)18-20-8-14(3)22(18)10-15-5-4-6-19-9-15/h4-6,8-9,13,16H,7,10-12H2,1-3H3. The van der Waals surface area contributed by atoms with Crippen molar-refractivity contribution in [1.82, 2.24) is 19.4 Å². The molecule has 0 radical (unpaired) electrons. The zero-order valence-corrected chi connectivity index (χ0v) is 14.1. The van der Waals surface area contributed by atoms with Crippen molar-refractivity contribution in [2.24, 2.45) is 5.92 Å². The van der Waals surface area contributed by atoms with Gasteiger partial charge in [0.2, 0.25) is 5.91 Å². The highest BCUT2D eigenvalue weighted by molar-refractivity contribution is 5.77. The van der Waals surface area contributed by atoms with Crippen LogP contribution in [0.5, 0.6) is 0 Å². The maximum absolute atomic E-state index is 12.1. The Labute approximate surface area is 137 Å². The number of carbonyl (C=O) groups excluding carboxylic acids is 1. The van der Waals surface area contributed by atoms with Crippen molar-refractivity contribution in [3.8, 4) is 0 Å². The number of hydrogen-bond donors (Lipinski definition) is 0. The van der Waals surface area contributed by atoms with Gasteiger partial charge >= 0.3 is 0 Å². The summed E-state index contributed by atoms with van der Waals surface area (Å²) in [6.07, 6.45) is 6.23. The first-order valence-electron chi connectivity index (χ1n) is 8.23. The number of carbonyl (C=O) groups is 1. The van der Waals surface area contributed by atoms with Gasteiger partial charge in [-0.25, -0.2) is 4.98 Å². The number of aryl methyl sites for hydroxylation is 1. The summed E-state index contributed by atoms with van der Waals surface area (Å²) in [6, 6.07) is 4.03. The van der Waals surface area contributed by atoms with Crippen molar-refractivity contribution in [3.05, 3.63) is 47.8 Å². The Morgan fingerprint density at radius 2 is 2.13 bits per heavy atom. The van der Waals surface area contributed by atoms with Crippen LogP contribution in [0.2, 0.25) is 0 Å². The van der Waals surface area contributed by atoms with Gasteiger partial charge in [-0.05, 0) is 24.5 Å². The highest BCUT2D eigenvalue weighted by atomic mass is 16.2. The van der Waals surface area contributed by atoms with Gasteiger partial charge in [-0.15, -0.1) is 0 Å². The third kappa shape index (κ3) is 3.44. The fourth-order valence-corrected chi connectivity index (χ4v) is 3.01. The lowest BCUT2D eigenvalue weighted by molar-refractivity contribution is -0.136. The van der Waals surface area contributed by atoms with Crippen molar-refractivity contribution in [3.63, 3.8) is 0 Å². The van der Waals surface area contributed by atoms with E-state index in [4.69, 9.17) is 0 Å². The van der Waals surface area contributed by atoms with Crippen LogP contribution in [0, 0.1) is 12.8 Å². The Morgan fingerprint density at radius 1 is 1.35 bits per heavy atom. The van der Waals surface area contributed by atoms with Gasteiger partial charge in [-0.2, -0.15) is 0 Å². The van der Waals surface area contributed by atoms with Gasteiger partial charge in [-0.1, -0.05) is 19.9 Å². The molecule has 2 aromatic heterocycles.